The van der Waals surface area contributed by atoms with Gasteiger partial charge in [-0.3, -0.25) is 4.79 Å². The highest BCUT2D eigenvalue weighted by Crippen LogP contribution is 2.59. The lowest BCUT2D eigenvalue weighted by molar-refractivity contribution is -0.143. The molecule has 1 heterocycles. The van der Waals surface area contributed by atoms with Gasteiger partial charge in [-0.1, -0.05) is 0 Å². The molecule has 2 fully saturated rings. The number of rotatable bonds is 2. The first-order valence-electron chi connectivity index (χ1n) is 8.40. The lowest BCUT2D eigenvalue weighted by Gasteiger charge is -2.30. The molecule has 2 aliphatic rings. The van der Waals surface area contributed by atoms with Gasteiger partial charge in [0, 0.05) is 24.7 Å². The Hall–Kier alpha value is -2.46. The van der Waals surface area contributed by atoms with Crippen LogP contribution in [0.3, 0.4) is 0 Å². The highest BCUT2D eigenvalue weighted by molar-refractivity contribution is 5.95. The summed E-state index contributed by atoms with van der Waals surface area (Å²) in [5.74, 6) is -1.22. The molecule has 1 aromatic carbocycles. The number of halogens is 6. The number of benzene rings is 1. The third-order valence-electron chi connectivity index (χ3n) is 5.39. The molecule has 5 nitrogen and oxygen atoms in total. The van der Waals surface area contributed by atoms with E-state index in [9.17, 15) is 35.9 Å². The van der Waals surface area contributed by atoms with E-state index in [1.807, 2.05) is 0 Å². The standard InChI is InChI=1S/C17H16F6N2O3/c18-16(19,20)9-5-10(17(21,22)23)7-11(6-9)24-13(26)12-8-15(12)1-3-25(4-2-15)14(27)28/h5-7,12H,1-4,8H2,(H,24,26)(H,27,28)/t12-/m1/s1. The molecule has 1 saturated heterocycles. The quantitative estimate of drug-likeness (QED) is 0.709. The molecule has 1 atom stereocenters. The maximum Gasteiger partial charge on any atom is 0.416 e. The summed E-state index contributed by atoms with van der Waals surface area (Å²) in [6.45, 7) is 0.474. The number of carbonyl (C=O) groups is 2. The Bertz CT molecular complexity index is 765. The number of anilines is 1. The molecule has 154 valence electrons. The van der Waals surface area contributed by atoms with Gasteiger partial charge in [-0.15, -0.1) is 0 Å². The van der Waals surface area contributed by atoms with E-state index < -0.39 is 52.5 Å². The van der Waals surface area contributed by atoms with Crippen molar-refractivity contribution in [3.63, 3.8) is 0 Å². The van der Waals surface area contributed by atoms with Crippen LogP contribution in [-0.4, -0.2) is 35.1 Å². The Morgan fingerprint density at radius 3 is 1.93 bits per heavy atom. The van der Waals surface area contributed by atoms with Crippen molar-refractivity contribution in [1.29, 1.82) is 0 Å². The van der Waals surface area contributed by atoms with Crippen LogP contribution in [0.25, 0.3) is 0 Å². The molecule has 0 radical (unpaired) electrons. The highest BCUT2D eigenvalue weighted by Gasteiger charge is 2.58. The maximum absolute atomic E-state index is 12.9. The topological polar surface area (TPSA) is 69.6 Å². The van der Waals surface area contributed by atoms with Crippen LogP contribution in [0.5, 0.6) is 0 Å². The Morgan fingerprint density at radius 1 is 1.00 bits per heavy atom. The molecule has 0 aromatic heterocycles. The molecule has 2 N–H and O–H groups in total. The summed E-state index contributed by atoms with van der Waals surface area (Å²) in [6, 6.07) is 0.931. The predicted octanol–water partition coefficient (Wildman–Crippen LogP) is 4.44. The molecular formula is C17H16F6N2O3. The molecule has 11 heteroatoms. The number of piperidine rings is 1. The lowest BCUT2D eigenvalue weighted by Crippen LogP contribution is -2.39. The largest absolute Gasteiger partial charge is 0.465 e. The first kappa shape index (κ1) is 20.3. The summed E-state index contributed by atoms with van der Waals surface area (Å²) in [5.41, 5.74) is -4.02. The fraction of sp³-hybridized carbons (Fsp3) is 0.529. The van der Waals surface area contributed by atoms with Gasteiger partial charge in [0.05, 0.1) is 11.1 Å². The van der Waals surface area contributed by atoms with Crippen LogP contribution in [0.4, 0.5) is 36.8 Å². The molecular weight excluding hydrogens is 394 g/mol. The minimum Gasteiger partial charge on any atom is -0.465 e. The first-order chi connectivity index (χ1) is 12.8. The molecule has 3 rings (SSSR count). The van der Waals surface area contributed by atoms with Crippen LogP contribution in [0, 0.1) is 11.3 Å². The van der Waals surface area contributed by atoms with E-state index in [0.717, 1.165) is 0 Å². The third kappa shape index (κ3) is 4.02. The molecule has 1 aliphatic carbocycles. The number of amides is 2. The van der Waals surface area contributed by atoms with E-state index in [-0.39, 0.29) is 19.2 Å². The monoisotopic (exact) mass is 410 g/mol. The fourth-order valence-corrected chi connectivity index (χ4v) is 3.67. The van der Waals surface area contributed by atoms with Gasteiger partial charge in [0.25, 0.3) is 0 Å². The summed E-state index contributed by atoms with van der Waals surface area (Å²) in [5, 5.41) is 11.1. The summed E-state index contributed by atoms with van der Waals surface area (Å²) in [7, 11) is 0. The van der Waals surface area contributed by atoms with E-state index in [1.54, 1.807) is 0 Å². The number of nitrogens with zero attached hydrogens (tertiary/aromatic N) is 1. The number of alkyl halides is 6. The number of likely N-dealkylation sites (tertiary alicyclic amines) is 1. The number of hydrogen-bond donors (Lipinski definition) is 2. The second-order valence-electron chi connectivity index (χ2n) is 7.17. The number of carboxylic acid groups (broad SMARTS) is 1. The molecule has 28 heavy (non-hydrogen) atoms. The normalized spacial score (nSPS) is 21.5. The minimum atomic E-state index is -4.99. The van der Waals surface area contributed by atoms with Crippen molar-refractivity contribution in [2.75, 3.05) is 18.4 Å². The third-order valence-corrected chi connectivity index (χ3v) is 5.39. The van der Waals surface area contributed by atoms with Crippen LogP contribution in [0.2, 0.25) is 0 Å². The van der Waals surface area contributed by atoms with Crippen molar-refractivity contribution in [1.82, 2.24) is 4.90 Å². The van der Waals surface area contributed by atoms with Crippen molar-refractivity contribution in [3.8, 4) is 0 Å². The van der Waals surface area contributed by atoms with Gasteiger partial charge in [0.1, 0.15) is 0 Å². The molecule has 1 spiro atoms. The van der Waals surface area contributed by atoms with Gasteiger partial charge in [-0.2, -0.15) is 26.3 Å². The van der Waals surface area contributed by atoms with Crippen LogP contribution in [0.15, 0.2) is 18.2 Å². The number of nitrogens with one attached hydrogen (secondary N) is 1. The molecule has 1 saturated carbocycles. The van der Waals surface area contributed by atoms with Crippen molar-refractivity contribution < 1.29 is 41.0 Å². The highest BCUT2D eigenvalue weighted by atomic mass is 19.4. The zero-order chi connectivity index (χ0) is 20.9. The Labute approximate surface area is 155 Å². The van der Waals surface area contributed by atoms with Gasteiger partial charge < -0.3 is 15.3 Å². The summed E-state index contributed by atoms with van der Waals surface area (Å²) in [4.78, 5) is 24.5. The van der Waals surface area contributed by atoms with Gasteiger partial charge >= 0.3 is 18.4 Å². The van der Waals surface area contributed by atoms with Gasteiger partial charge in [-0.05, 0) is 42.9 Å². The second kappa shape index (κ2) is 6.56. The molecule has 1 aromatic rings. The van der Waals surface area contributed by atoms with Crippen molar-refractivity contribution in [2.45, 2.75) is 31.6 Å². The number of carbonyl (C=O) groups excluding carboxylic acids is 1. The van der Waals surface area contributed by atoms with E-state index >= 15 is 0 Å². The smallest absolute Gasteiger partial charge is 0.416 e. The van der Waals surface area contributed by atoms with Crippen molar-refractivity contribution in [2.24, 2.45) is 11.3 Å². The van der Waals surface area contributed by atoms with E-state index in [0.29, 0.717) is 31.4 Å². The summed E-state index contributed by atoms with van der Waals surface area (Å²) < 4.78 is 77.4. The minimum absolute atomic E-state index is 0.00407. The average molecular weight is 410 g/mol. The molecule has 1 aliphatic heterocycles. The van der Waals surface area contributed by atoms with Crippen LogP contribution >= 0.6 is 0 Å². The Morgan fingerprint density at radius 2 is 1.50 bits per heavy atom. The van der Waals surface area contributed by atoms with E-state index in [2.05, 4.69) is 5.32 Å². The Kier molecular flexibility index (Phi) is 4.75. The zero-order valence-corrected chi connectivity index (χ0v) is 14.3. The zero-order valence-electron chi connectivity index (χ0n) is 14.3. The molecule has 0 bridgehead atoms. The molecule has 0 unspecified atom stereocenters. The van der Waals surface area contributed by atoms with E-state index in [4.69, 9.17) is 5.11 Å². The van der Waals surface area contributed by atoms with Crippen LogP contribution in [0.1, 0.15) is 30.4 Å². The summed E-state index contributed by atoms with van der Waals surface area (Å²) >= 11 is 0. The van der Waals surface area contributed by atoms with Crippen LogP contribution in [-0.2, 0) is 17.1 Å². The van der Waals surface area contributed by atoms with E-state index in [1.165, 1.54) is 4.90 Å². The van der Waals surface area contributed by atoms with Gasteiger partial charge in [0.2, 0.25) is 5.91 Å². The second-order valence-corrected chi connectivity index (χ2v) is 7.17. The number of hydrogen-bond acceptors (Lipinski definition) is 2. The first-order valence-corrected chi connectivity index (χ1v) is 8.40. The average Bonchev–Trinajstić information content (AvgIpc) is 3.27. The van der Waals surface area contributed by atoms with Crippen molar-refractivity contribution in [3.05, 3.63) is 29.3 Å². The molecule has 2 amide bonds. The van der Waals surface area contributed by atoms with Crippen LogP contribution < -0.4 is 5.32 Å². The maximum atomic E-state index is 12.9. The SMILES string of the molecule is O=C(Nc1cc(C(F)(F)F)cc(C(F)(F)F)c1)[C@H]1CC12CCN(C(=O)O)CC2. The lowest BCUT2D eigenvalue weighted by atomic mass is 9.91. The predicted molar refractivity (Wildman–Crippen MR) is 84.4 cm³/mol. The van der Waals surface area contributed by atoms with Gasteiger partial charge in [0.15, 0.2) is 0 Å². The fourth-order valence-electron chi connectivity index (χ4n) is 3.67. The summed E-state index contributed by atoms with van der Waals surface area (Å²) in [6.07, 6.45) is -9.78. The van der Waals surface area contributed by atoms with Crippen molar-refractivity contribution >= 4 is 17.7 Å². The Balaban J connectivity index is 1.74. The van der Waals surface area contributed by atoms with Gasteiger partial charge in [-0.25, -0.2) is 4.79 Å².